The van der Waals surface area contributed by atoms with Crippen LogP contribution in [0, 0.1) is 11.2 Å². The van der Waals surface area contributed by atoms with Crippen LogP contribution in [0.5, 0.6) is 0 Å². The Hall–Kier alpha value is -1.58. The van der Waals surface area contributed by atoms with Crippen molar-refractivity contribution in [1.82, 2.24) is 0 Å². The molecule has 1 aliphatic rings. The standard InChI is InChI=1S/C14H19FN2O/c1-2-14(7-3-4-8-14)13(18)17-12-6-5-10(15)9-11(12)16/h5-6,9H,2-4,7-8,16H2,1H3,(H,17,18). The number of nitrogens with two attached hydrogens (primary N) is 1. The number of hydrogen-bond acceptors (Lipinski definition) is 2. The minimum Gasteiger partial charge on any atom is -0.397 e. The van der Waals surface area contributed by atoms with Gasteiger partial charge in [0.05, 0.1) is 11.4 Å². The highest BCUT2D eigenvalue weighted by Gasteiger charge is 2.39. The minimum absolute atomic E-state index is 0.0146. The first-order chi connectivity index (χ1) is 8.57. The van der Waals surface area contributed by atoms with Crippen LogP contribution in [0.1, 0.15) is 39.0 Å². The number of rotatable bonds is 3. The van der Waals surface area contributed by atoms with Crippen LogP contribution >= 0.6 is 0 Å². The lowest BCUT2D eigenvalue weighted by molar-refractivity contribution is -0.125. The first-order valence-corrected chi connectivity index (χ1v) is 6.44. The largest absolute Gasteiger partial charge is 0.397 e. The molecular weight excluding hydrogens is 231 g/mol. The van der Waals surface area contributed by atoms with Gasteiger partial charge in [0.2, 0.25) is 5.91 Å². The molecule has 0 saturated heterocycles. The Labute approximate surface area is 107 Å². The van der Waals surface area contributed by atoms with Gasteiger partial charge < -0.3 is 11.1 Å². The van der Waals surface area contributed by atoms with E-state index in [1.165, 1.54) is 18.2 Å². The van der Waals surface area contributed by atoms with E-state index >= 15 is 0 Å². The van der Waals surface area contributed by atoms with Crippen molar-refractivity contribution >= 4 is 17.3 Å². The number of nitrogen functional groups attached to an aromatic ring is 1. The van der Waals surface area contributed by atoms with E-state index in [1.54, 1.807) is 0 Å². The number of amides is 1. The van der Waals surface area contributed by atoms with Gasteiger partial charge in [-0.15, -0.1) is 0 Å². The summed E-state index contributed by atoms with van der Waals surface area (Å²) in [4.78, 5) is 12.3. The molecule has 0 aliphatic heterocycles. The van der Waals surface area contributed by atoms with Crippen LogP contribution in [-0.2, 0) is 4.79 Å². The summed E-state index contributed by atoms with van der Waals surface area (Å²) in [7, 11) is 0. The number of carbonyl (C=O) groups excluding carboxylic acids is 1. The van der Waals surface area contributed by atoms with Crippen molar-refractivity contribution in [2.24, 2.45) is 5.41 Å². The van der Waals surface area contributed by atoms with Crippen LogP contribution in [0.15, 0.2) is 18.2 Å². The normalized spacial score (nSPS) is 17.7. The van der Waals surface area contributed by atoms with Crippen LogP contribution < -0.4 is 11.1 Å². The maximum atomic E-state index is 12.9. The van der Waals surface area contributed by atoms with Crippen molar-refractivity contribution in [2.45, 2.75) is 39.0 Å². The van der Waals surface area contributed by atoms with Crippen molar-refractivity contribution < 1.29 is 9.18 Å². The molecule has 0 atom stereocenters. The first kappa shape index (κ1) is 12.9. The highest BCUT2D eigenvalue weighted by molar-refractivity contribution is 5.97. The monoisotopic (exact) mass is 250 g/mol. The summed E-state index contributed by atoms with van der Waals surface area (Å²) in [5.41, 5.74) is 6.21. The molecule has 1 amide bonds. The smallest absolute Gasteiger partial charge is 0.230 e. The van der Waals surface area contributed by atoms with Crippen molar-refractivity contribution in [3.8, 4) is 0 Å². The van der Waals surface area contributed by atoms with E-state index in [2.05, 4.69) is 5.32 Å². The summed E-state index contributed by atoms with van der Waals surface area (Å²) in [6, 6.07) is 4.04. The topological polar surface area (TPSA) is 55.1 Å². The fourth-order valence-corrected chi connectivity index (χ4v) is 2.70. The zero-order chi connectivity index (χ0) is 13.2. The molecule has 0 radical (unpaired) electrons. The van der Waals surface area contributed by atoms with Crippen molar-refractivity contribution in [3.05, 3.63) is 24.0 Å². The third kappa shape index (κ3) is 2.33. The number of hydrogen-bond donors (Lipinski definition) is 2. The lowest BCUT2D eigenvalue weighted by Gasteiger charge is -2.26. The van der Waals surface area contributed by atoms with Crippen molar-refractivity contribution in [1.29, 1.82) is 0 Å². The Morgan fingerprint density at radius 2 is 2.11 bits per heavy atom. The van der Waals surface area contributed by atoms with E-state index < -0.39 is 5.82 Å². The van der Waals surface area contributed by atoms with Crippen molar-refractivity contribution in [2.75, 3.05) is 11.1 Å². The van der Waals surface area contributed by atoms with Gasteiger partial charge in [0, 0.05) is 5.41 Å². The van der Waals surface area contributed by atoms with E-state index in [0.717, 1.165) is 32.1 Å². The van der Waals surface area contributed by atoms with Gasteiger partial charge in [0.15, 0.2) is 0 Å². The predicted octanol–water partition coefficient (Wildman–Crippen LogP) is 3.32. The lowest BCUT2D eigenvalue weighted by Crippen LogP contribution is -2.33. The number of nitrogens with one attached hydrogen (secondary N) is 1. The Balaban J connectivity index is 2.15. The van der Waals surface area contributed by atoms with E-state index in [0.29, 0.717) is 5.69 Å². The summed E-state index contributed by atoms with van der Waals surface area (Å²) >= 11 is 0. The van der Waals surface area contributed by atoms with Crippen LogP contribution in [0.2, 0.25) is 0 Å². The summed E-state index contributed by atoms with van der Waals surface area (Å²) in [5, 5.41) is 2.84. The second-order valence-corrected chi connectivity index (χ2v) is 5.03. The van der Waals surface area contributed by atoms with Gasteiger partial charge in [-0.05, 0) is 37.5 Å². The molecule has 0 aromatic heterocycles. The maximum absolute atomic E-state index is 12.9. The van der Waals surface area contributed by atoms with Crippen LogP contribution in [0.3, 0.4) is 0 Å². The van der Waals surface area contributed by atoms with Gasteiger partial charge in [0.25, 0.3) is 0 Å². The first-order valence-electron chi connectivity index (χ1n) is 6.44. The van der Waals surface area contributed by atoms with Crippen LogP contribution in [0.25, 0.3) is 0 Å². The molecule has 3 nitrogen and oxygen atoms in total. The number of carbonyl (C=O) groups is 1. The zero-order valence-corrected chi connectivity index (χ0v) is 10.6. The van der Waals surface area contributed by atoms with E-state index in [-0.39, 0.29) is 17.0 Å². The van der Waals surface area contributed by atoms with E-state index in [4.69, 9.17) is 5.73 Å². The quantitative estimate of drug-likeness (QED) is 0.808. The molecule has 0 bridgehead atoms. The molecule has 1 aromatic carbocycles. The molecule has 18 heavy (non-hydrogen) atoms. The molecule has 0 heterocycles. The van der Waals surface area contributed by atoms with Crippen LogP contribution in [0.4, 0.5) is 15.8 Å². The van der Waals surface area contributed by atoms with Gasteiger partial charge in [-0.2, -0.15) is 0 Å². The van der Waals surface area contributed by atoms with Gasteiger partial charge in [-0.1, -0.05) is 19.8 Å². The molecule has 0 unspecified atom stereocenters. The Kier molecular flexibility index (Phi) is 3.55. The molecule has 2 rings (SSSR count). The lowest BCUT2D eigenvalue weighted by atomic mass is 9.82. The average Bonchev–Trinajstić information content (AvgIpc) is 2.82. The second-order valence-electron chi connectivity index (χ2n) is 5.03. The summed E-state index contributed by atoms with van der Waals surface area (Å²) < 4.78 is 12.9. The number of halogens is 1. The molecule has 98 valence electrons. The molecule has 0 spiro atoms. The number of benzene rings is 1. The van der Waals surface area contributed by atoms with Crippen molar-refractivity contribution in [3.63, 3.8) is 0 Å². The fourth-order valence-electron chi connectivity index (χ4n) is 2.70. The fraction of sp³-hybridized carbons (Fsp3) is 0.500. The Morgan fingerprint density at radius 3 is 2.67 bits per heavy atom. The SMILES string of the molecule is CCC1(C(=O)Nc2ccc(F)cc2N)CCCC1. The van der Waals surface area contributed by atoms with Gasteiger partial charge in [0.1, 0.15) is 5.82 Å². The molecule has 1 aliphatic carbocycles. The van der Waals surface area contributed by atoms with Gasteiger partial charge in [-0.25, -0.2) is 4.39 Å². The molecule has 1 fully saturated rings. The maximum Gasteiger partial charge on any atom is 0.230 e. The Bertz CT molecular complexity index is 453. The molecule has 4 heteroatoms. The highest BCUT2D eigenvalue weighted by Crippen LogP contribution is 2.42. The average molecular weight is 250 g/mol. The number of anilines is 2. The minimum atomic E-state index is -0.392. The third-order valence-corrected chi connectivity index (χ3v) is 3.98. The summed E-state index contributed by atoms with van der Waals surface area (Å²) in [5.74, 6) is -0.377. The molecular formula is C14H19FN2O. The molecule has 3 N–H and O–H groups in total. The third-order valence-electron chi connectivity index (χ3n) is 3.98. The highest BCUT2D eigenvalue weighted by atomic mass is 19.1. The molecule has 1 aromatic rings. The predicted molar refractivity (Wildman–Crippen MR) is 70.6 cm³/mol. The van der Waals surface area contributed by atoms with E-state index in [1.807, 2.05) is 6.92 Å². The second kappa shape index (κ2) is 4.96. The van der Waals surface area contributed by atoms with E-state index in [9.17, 15) is 9.18 Å². The van der Waals surface area contributed by atoms with Gasteiger partial charge >= 0.3 is 0 Å². The summed E-state index contributed by atoms with van der Waals surface area (Å²) in [6.07, 6.45) is 4.88. The molecule has 1 saturated carbocycles. The summed E-state index contributed by atoms with van der Waals surface area (Å²) in [6.45, 7) is 2.04. The van der Waals surface area contributed by atoms with Crippen LogP contribution in [-0.4, -0.2) is 5.91 Å². The van der Waals surface area contributed by atoms with Gasteiger partial charge in [-0.3, -0.25) is 4.79 Å². The zero-order valence-electron chi connectivity index (χ0n) is 10.6. The Morgan fingerprint density at radius 1 is 1.44 bits per heavy atom.